The van der Waals surface area contributed by atoms with E-state index in [0.29, 0.717) is 13.0 Å². The average Bonchev–Trinajstić information content (AvgIpc) is 3.49. The van der Waals surface area contributed by atoms with Crippen LogP contribution in [0.5, 0.6) is 5.75 Å². The Hall–Kier alpha value is -3.16. The van der Waals surface area contributed by atoms with Crippen molar-refractivity contribution in [3.05, 3.63) is 77.5 Å². The van der Waals surface area contributed by atoms with E-state index in [-0.39, 0.29) is 29.5 Å². The molecule has 232 valence electrons. The van der Waals surface area contributed by atoms with Gasteiger partial charge in [-0.05, 0) is 62.1 Å². The number of amides is 2. The second-order valence-electron chi connectivity index (χ2n) is 12.6. The van der Waals surface area contributed by atoms with E-state index >= 15 is 0 Å². The monoisotopic (exact) mass is 587 g/mol. The number of aliphatic hydroxyl groups is 1. The van der Waals surface area contributed by atoms with Crippen molar-refractivity contribution in [1.82, 2.24) is 15.5 Å². The Kier molecular flexibility index (Phi) is 10.6. The zero-order valence-electron chi connectivity index (χ0n) is 25.9. The summed E-state index contributed by atoms with van der Waals surface area (Å²) in [6.07, 6.45) is 14.2. The molecule has 3 atom stereocenters. The second-order valence-corrected chi connectivity index (χ2v) is 12.6. The van der Waals surface area contributed by atoms with Gasteiger partial charge in [0.2, 0.25) is 11.8 Å². The molecule has 0 bridgehead atoms. The molecule has 5 rings (SSSR count). The molecule has 2 aromatic carbocycles. The van der Waals surface area contributed by atoms with E-state index in [2.05, 4.69) is 35.8 Å². The Morgan fingerprint density at radius 1 is 1.05 bits per heavy atom. The van der Waals surface area contributed by atoms with E-state index in [0.717, 1.165) is 68.2 Å². The smallest absolute Gasteiger partial charge is 0.246 e. The van der Waals surface area contributed by atoms with Gasteiger partial charge in [-0.1, -0.05) is 75.6 Å². The molecule has 3 aliphatic rings. The molecule has 3 N–H and O–H groups in total. The largest absolute Gasteiger partial charge is 0.487 e. The topological polar surface area (TPSA) is 90.9 Å². The summed E-state index contributed by atoms with van der Waals surface area (Å²) in [6.45, 7) is 4.32. The van der Waals surface area contributed by atoms with Gasteiger partial charge in [0.15, 0.2) is 0 Å². The van der Waals surface area contributed by atoms with Gasteiger partial charge in [-0.15, -0.1) is 0 Å². The third-order valence-electron chi connectivity index (χ3n) is 9.63. The van der Waals surface area contributed by atoms with Crippen LogP contribution in [0.25, 0.3) is 0 Å². The lowest BCUT2D eigenvalue weighted by atomic mass is 9.85. The van der Waals surface area contributed by atoms with E-state index in [4.69, 9.17) is 4.74 Å². The number of ether oxygens (including phenoxy) is 1. The zero-order chi connectivity index (χ0) is 30.2. The number of aliphatic hydroxyl groups excluding tert-OH is 1. The molecule has 43 heavy (non-hydrogen) atoms. The maximum absolute atomic E-state index is 13.3. The van der Waals surface area contributed by atoms with Crippen LogP contribution in [0, 0.1) is 0 Å². The average molecular weight is 588 g/mol. The van der Waals surface area contributed by atoms with Crippen molar-refractivity contribution in [2.24, 2.45) is 0 Å². The van der Waals surface area contributed by atoms with E-state index in [1.54, 1.807) is 11.1 Å². The molecule has 1 spiro atoms. The van der Waals surface area contributed by atoms with Crippen molar-refractivity contribution in [1.29, 1.82) is 0 Å². The number of aryl methyl sites for hydroxylation is 1. The minimum Gasteiger partial charge on any atom is -0.487 e. The van der Waals surface area contributed by atoms with E-state index in [1.165, 1.54) is 30.9 Å². The normalized spacial score (nSPS) is 21.2. The number of fused-ring (bicyclic) bond motifs is 1. The van der Waals surface area contributed by atoms with Crippen LogP contribution in [0.3, 0.4) is 0 Å². The minimum absolute atomic E-state index is 0.0304. The molecule has 0 radical (unpaired) electrons. The Bertz CT molecular complexity index is 1250. The van der Waals surface area contributed by atoms with Crippen molar-refractivity contribution < 1.29 is 19.4 Å². The van der Waals surface area contributed by atoms with E-state index in [9.17, 15) is 14.7 Å². The highest BCUT2D eigenvalue weighted by Crippen LogP contribution is 2.47. The number of rotatable bonds is 11. The molecule has 2 saturated carbocycles. The fraction of sp³-hybridized carbons (Fsp3) is 0.556. The minimum atomic E-state index is -0.869. The Morgan fingerprint density at radius 3 is 2.49 bits per heavy atom. The first-order chi connectivity index (χ1) is 20.9. The number of carbonyl (C=O) groups excluding carboxylic acids is 2. The third kappa shape index (κ3) is 7.68. The molecular weight excluding hydrogens is 538 g/mol. The van der Waals surface area contributed by atoms with Crippen LogP contribution in [-0.4, -0.2) is 46.1 Å². The van der Waals surface area contributed by atoms with Crippen molar-refractivity contribution in [2.45, 2.75) is 121 Å². The zero-order valence-corrected chi connectivity index (χ0v) is 25.9. The number of benzene rings is 2. The van der Waals surface area contributed by atoms with Gasteiger partial charge in [-0.3, -0.25) is 9.59 Å². The quantitative estimate of drug-likeness (QED) is 0.269. The maximum atomic E-state index is 13.3. The van der Waals surface area contributed by atoms with E-state index < -0.39 is 12.1 Å². The van der Waals surface area contributed by atoms with Crippen molar-refractivity contribution >= 4 is 11.8 Å². The van der Waals surface area contributed by atoms with Gasteiger partial charge in [0.1, 0.15) is 11.4 Å². The summed E-state index contributed by atoms with van der Waals surface area (Å²) in [7, 11) is 0. The number of carbonyl (C=O) groups is 2. The van der Waals surface area contributed by atoms with Gasteiger partial charge in [0.25, 0.3) is 0 Å². The highest BCUT2D eigenvalue weighted by Gasteiger charge is 2.43. The number of nitrogens with zero attached hydrogens (tertiary/aromatic N) is 1. The molecular formula is C36H49N3O4. The fourth-order valence-electron chi connectivity index (χ4n) is 7.19. The molecule has 7 heteroatoms. The first-order valence-electron chi connectivity index (χ1n) is 16.5. The molecule has 0 unspecified atom stereocenters. The summed E-state index contributed by atoms with van der Waals surface area (Å²) in [5.41, 5.74) is 3.10. The van der Waals surface area contributed by atoms with Crippen molar-refractivity contribution in [2.75, 3.05) is 6.54 Å². The lowest BCUT2D eigenvalue weighted by molar-refractivity contribution is -0.130. The SMILES string of the molecule is CCC(=O)N(/C=C/C(=O)N[C@@H](c1ccccc1)[C@H](O)CN[C@H]1CC2(CCCC2)Oc2ccc(CC)cc21)C1CCCCC1. The van der Waals surface area contributed by atoms with Crippen LogP contribution in [-0.2, 0) is 16.0 Å². The predicted molar refractivity (Wildman–Crippen MR) is 169 cm³/mol. The first kappa shape index (κ1) is 31.3. The first-order valence-corrected chi connectivity index (χ1v) is 16.5. The van der Waals surface area contributed by atoms with Gasteiger partial charge >= 0.3 is 0 Å². The summed E-state index contributed by atoms with van der Waals surface area (Å²) in [6, 6.07) is 15.7. The summed E-state index contributed by atoms with van der Waals surface area (Å²) in [4.78, 5) is 27.7. The number of hydrogen-bond acceptors (Lipinski definition) is 5. The van der Waals surface area contributed by atoms with E-state index in [1.807, 2.05) is 37.3 Å². The van der Waals surface area contributed by atoms with Crippen molar-refractivity contribution in [3.8, 4) is 5.75 Å². The van der Waals surface area contributed by atoms with Crippen LogP contribution < -0.4 is 15.4 Å². The van der Waals surface area contributed by atoms with Crippen LogP contribution >= 0.6 is 0 Å². The molecule has 1 heterocycles. The Balaban J connectivity index is 1.30. The van der Waals surface area contributed by atoms with Crippen LogP contribution in [0.4, 0.5) is 0 Å². The molecule has 7 nitrogen and oxygen atoms in total. The summed E-state index contributed by atoms with van der Waals surface area (Å²) < 4.78 is 6.61. The molecule has 2 fully saturated rings. The lowest BCUT2D eigenvalue weighted by Crippen LogP contribution is -2.46. The number of hydrogen-bond donors (Lipinski definition) is 3. The van der Waals surface area contributed by atoms with Crippen molar-refractivity contribution in [3.63, 3.8) is 0 Å². The van der Waals surface area contributed by atoms with Gasteiger partial charge in [0, 0.05) is 49.3 Å². The lowest BCUT2D eigenvalue weighted by Gasteiger charge is -2.41. The van der Waals surface area contributed by atoms with Gasteiger partial charge in [-0.2, -0.15) is 0 Å². The van der Waals surface area contributed by atoms with Gasteiger partial charge in [0.05, 0.1) is 12.1 Å². The standard InChI is InChI=1S/C36H49N3O4/c1-3-26-17-18-32-29(23-26)30(24-36(43-32)20-11-12-21-36)37-25-31(40)35(27-13-7-5-8-14-27)38-33(41)19-22-39(34(42)4-2)28-15-9-6-10-16-28/h5,7-8,13-14,17-19,22-23,28,30-31,35,37,40H,3-4,6,9-12,15-16,20-21,24-25H2,1-2H3,(H,38,41)/b22-19+/t30-,31+,35-/m0/s1. The third-order valence-corrected chi connectivity index (χ3v) is 9.63. The molecule has 1 aliphatic heterocycles. The molecule has 0 saturated heterocycles. The molecule has 2 aliphatic carbocycles. The Labute approximate surface area is 257 Å². The van der Waals surface area contributed by atoms with Gasteiger partial charge < -0.3 is 25.4 Å². The number of nitrogens with one attached hydrogen (secondary N) is 2. The van der Waals surface area contributed by atoms with Crippen LogP contribution in [0.15, 0.2) is 60.8 Å². The molecule has 2 amide bonds. The highest BCUT2D eigenvalue weighted by molar-refractivity contribution is 5.88. The summed E-state index contributed by atoms with van der Waals surface area (Å²) >= 11 is 0. The highest BCUT2D eigenvalue weighted by atomic mass is 16.5. The predicted octanol–water partition coefficient (Wildman–Crippen LogP) is 6.28. The maximum Gasteiger partial charge on any atom is 0.246 e. The molecule has 2 aromatic rings. The summed E-state index contributed by atoms with van der Waals surface area (Å²) in [5.74, 6) is 0.647. The fourth-order valence-corrected chi connectivity index (χ4v) is 7.19. The van der Waals surface area contributed by atoms with Crippen LogP contribution in [0.2, 0.25) is 0 Å². The summed E-state index contributed by atoms with van der Waals surface area (Å²) in [5, 5.41) is 18.3. The molecule has 0 aromatic heterocycles. The Morgan fingerprint density at radius 2 is 1.79 bits per heavy atom. The van der Waals surface area contributed by atoms with Gasteiger partial charge in [-0.25, -0.2) is 0 Å². The van der Waals surface area contributed by atoms with Crippen LogP contribution in [0.1, 0.15) is 113 Å². The second kappa shape index (κ2) is 14.5.